The highest BCUT2D eigenvalue weighted by Crippen LogP contribution is 2.24. The van der Waals surface area contributed by atoms with Gasteiger partial charge in [0.05, 0.1) is 5.60 Å². The van der Waals surface area contributed by atoms with E-state index in [9.17, 15) is 5.11 Å². The first-order valence-corrected chi connectivity index (χ1v) is 5.63. The molecule has 0 bridgehead atoms. The average molecular weight is 226 g/mol. The molecule has 1 unspecified atom stereocenters. The summed E-state index contributed by atoms with van der Waals surface area (Å²) in [7, 11) is 0. The van der Waals surface area contributed by atoms with Gasteiger partial charge >= 0.3 is 0 Å². The van der Waals surface area contributed by atoms with Crippen LogP contribution in [0.4, 0.5) is 0 Å². The molecule has 0 spiro atoms. The van der Waals surface area contributed by atoms with E-state index in [1.54, 1.807) is 0 Å². The van der Waals surface area contributed by atoms with Crippen LogP contribution in [-0.4, -0.2) is 28.7 Å². The minimum absolute atomic E-state index is 0.527. The van der Waals surface area contributed by atoms with Gasteiger partial charge in [-0.05, 0) is 25.0 Å². The van der Waals surface area contributed by atoms with Crippen LogP contribution in [0.25, 0.3) is 0 Å². The van der Waals surface area contributed by atoms with Crippen LogP contribution in [0.3, 0.4) is 0 Å². The minimum atomic E-state index is -0.527. The Balaban J connectivity index is 2.02. The highest BCUT2D eigenvalue weighted by molar-refractivity contribution is 6.31. The Labute approximate surface area is 95.5 Å². The summed E-state index contributed by atoms with van der Waals surface area (Å²) in [6.07, 6.45) is 0.845. The second kappa shape index (κ2) is 4.12. The summed E-state index contributed by atoms with van der Waals surface area (Å²) >= 11 is 6.08. The number of β-amino-alcohol motifs (C(OH)–C–C–N with tert-alkyl or cyclic N) is 1. The van der Waals surface area contributed by atoms with E-state index < -0.39 is 5.60 Å². The fraction of sp³-hybridized carbons (Fsp3) is 0.500. The van der Waals surface area contributed by atoms with E-state index in [2.05, 4.69) is 4.90 Å². The summed E-state index contributed by atoms with van der Waals surface area (Å²) in [5.41, 5.74) is 0.609. The van der Waals surface area contributed by atoms with Gasteiger partial charge in [0.1, 0.15) is 0 Å². The van der Waals surface area contributed by atoms with Crippen LogP contribution in [0.2, 0.25) is 5.02 Å². The number of rotatable bonds is 2. The van der Waals surface area contributed by atoms with E-state index in [1.165, 1.54) is 0 Å². The number of nitrogens with zero attached hydrogens (tertiary/aromatic N) is 1. The first kappa shape index (κ1) is 10.9. The lowest BCUT2D eigenvalue weighted by Crippen LogP contribution is -2.29. The van der Waals surface area contributed by atoms with Gasteiger partial charge in [-0.25, -0.2) is 0 Å². The van der Waals surface area contributed by atoms with Crippen LogP contribution in [0, 0.1) is 0 Å². The molecule has 1 aliphatic heterocycles. The van der Waals surface area contributed by atoms with Gasteiger partial charge in [0.15, 0.2) is 0 Å². The normalized spacial score (nSPS) is 27.1. The number of likely N-dealkylation sites (tertiary alicyclic amines) is 1. The van der Waals surface area contributed by atoms with E-state index in [1.807, 2.05) is 31.2 Å². The molecule has 0 radical (unpaired) electrons. The maximum absolute atomic E-state index is 9.84. The standard InChI is InChI=1S/C12H16ClNO/c1-12(15)6-7-14(9-12)8-10-4-2-3-5-11(10)13/h2-5,15H,6-9H2,1H3. The lowest BCUT2D eigenvalue weighted by Gasteiger charge is -2.19. The predicted molar refractivity (Wildman–Crippen MR) is 62.0 cm³/mol. The SMILES string of the molecule is CC1(O)CCN(Cc2ccccc2Cl)C1. The van der Waals surface area contributed by atoms with Crippen LogP contribution < -0.4 is 0 Å². The second-order valence-corrected chi connectivity index (χ2v) is 4.96. The molecular formula is C12H16ClNO. The second-order valence-electron chi connectivity index (χ2n) is 4.55. The fourth-order valence-electron chi connectivity index (χ4n) is 2.04. The number of hydrogen-bond donors (Lipinski definition) is 1. The molecule has 0 saturated carbocycles. The Kier molecular flexibility index (Phi) is 3.01. The Morgan fingerprint density at radius 3 is 2.80 bits per heavy atom. The van der Waals surface area contributed by atoms with Crippen molar-refractivity contribution in [2.45, 2.75) is 25.5 Å². The molecule has 0 aromatic heterocycles. The van der Waals surface area contributed by atoms with Gasteiger partial charge in [0.25, 0.3) is 0 Å². The molecule has 1 atom stereocenters. The van der Waals surface area contributed by atoms with E-state index >= 15 is 0 Å². The smallest absolute Gasteiger partial charge is 0.0758 e. The minimum Gasteiger partial charge on any atom is -0.389 e. The van der Waals surface area contributed by atoms with E-state index in [0.29, 0.717) is 0 Å². The van der Waals surface area contributed by atoms with Crippen molar-refractivity contribution in [3.05, 3.63) is 34.9 Å². The number of aliphatic hydroxyl groups is 1. The molecule has 0 amide bonds. The Morgan fingerprint density at radius 2 is 2.20 bits per heavy atom. The molecule has 1 heterocycles. The van der Waals surface area contributed by atoms with Gasteiger partial charge in [-0.15, -0.1) is 0 Å². The van der Waals surface area contributed by atoms with Crippen LogP contribution in [-0.2, 0) is 6.54 Å². The Morgan fingerprint density at radius 1 is 1.47 bits per heavy atom. The highest BCUT2D eigenvalue weighted by atomic mass is 35.5. The molecule has 0 aliphatic carbocycles. The largest absolute Gasteiger partial charge is 0.389 e. The maximum Gasteiger partial charge on any atom is 0.0758 e. The zero-order valence-corrected chi connectivity index (χ0v) is 9.67. The van der Waals surface area contributed by atoms with Crippen molar-refractivity contribution in [3.8, 4) is 0 Å². The highest BCUT2D eigenvalue weighted by Gasteiger charge is 2.31. The number of benzene rings is 1. The molecular weight excluding hydrogens is 210 g/mol. The van der Waals surface area contributed by atoms with Crippen molar-refractivity contribution in [3.63, 3.8) is 0 Å². The van der Waals surface area contributed by atoms with E-state index in [-0.39, 0.29) is 0 Å². The van der Waals surface area contributed by atoms with Crippen molar-refractivity contribution in [1.29, 1.82) is 0 Å². The van der Waals surface area contributed by atoms with Gasteiger partial charge in [-0.2, -0.15) is 0 Å². The molecule has 2 rings (SSSR count). The number of hydrogen-bond acceptors (Lipinski definition) is 2. The number of halogens is 1. The summed E-state index contributed by atoms with van der Waals surface area (Å²) in [5, 5.41) is 10.6. The topological polar surface area (TPSA) is 23.5 Å². The third kappa shape index (κ3) is 2.71. The van der Waals surface area contributed by atoms with Gasteiger partial charge in [-0.1, -0.05) is 29.8 Å². The molecule has 2 nitrogen and oxygen atoms in total. The lowest BCUT2D eigenvalue weighted by molar-refractivity contribution is 0.0679. The molecule has 1 aliphatic rings. The summed E-state index contributed by atoms with van der Waals surface area (Å²) in [6, 6.07) is 7.88. The lowest BCUT2D eigenvalue weighted by atomic mass is 10.1. The third-order valence-corrected chi connectivity index (χ3v) is 3.25. The molecule has 1 saturated heterocycles. The average Bonchev–Trinajstić information content (AvgIpc) is 2.50. The quantitative estimate of drug-likeness (QED) is 0.835. The zero-order valence-electron chi connectivity index (χ0n) is 8.91. The zero-order chi connectivity index (χ0) is 10.9. The van der Waals surface area contributed by atoms with Crippen molar-refractivity contribution < 1.29 is 5.11 Å². The van der Waals surface area contributed by atoms with Crippen LogP contribution in [0.1, 0.15) is 18.9 Å². The molecule has 82 valence electrons. The first-order valence-electron chi connectivity index (χ1n) is 5.25. The van der Waals surface area contributed by atoms with Crippen molar-refractivity contribution >= 4 is 11.6 Å². The van der Waals surface area contributed by atoms with Crippen molar-refractivity contribution in [2.24, 2.45) is 0 Å². The van der Waals surface area contributed by atoms with Crippen LogP contribution in [0.5, 0.6) is 0 Å². The van der Waals surface area contributed by atoms with Gasteiger partial charge in [0.2, 0.25) is 0 Å². The molecule has 1 fully saturated rings. The van der Waals surface area contributed by atoms with Crippen LogP contribution in [0.15, 0.2) is 24.3 Å². The molecule has 1 aromatic carbocycles. The Hall–Kier alpha value is -0.570. The van der Waals surface area contributed by atoms with Crippen molar-refractivity contribution in [1.82, 2.24) is 4.90 Å². The maximum atomic E-state index is 9.84. The van der Waals surface area contributed by atoms with E-state index in [4.69, 9.17) is 11.6 Å². The summed E-state index contributed by atoms with van der Waals surface area (Å²) in [4.78, 5) is 2.24. The Bertz CT molecular complexity index is 351. The first-order chi connectivity index (χ1) is 7.07. The molecule has 3 heteroatoms. The predicted octanol–water partition coefficient (Wildman–Crippen LogP) is 2.30. The molecule has 1 N–H and O–H groups in total. The van der Waals surface area contributed by atoms with Crippen molar-refractivity contribution in [2.75, 3.05) is 13.1 Å². The molecule has 1 aromatic rings. The van der Waals surface area contributed by atoms with Crippen LogP contribution >= 0.6 is 11.6 Å². The van der Waals surface area contributed by atoms with Gasteiger partial charge < -0.3 is 5.11 Å². The third-order valence-electron chi connectivity index (χ3n) is 2.88. The fourth-order valence-corrected chi connectivity index (χ4v) is 2.24. The molecule has 15 heavy (non-hydrogen) atoms. The van der Waals surface area contributed by atoms with Gasteiger partial charge in [0, 0.05) is 24.7 Å². The van der Waals surface area contributed by atoms with Gasteiger partial charge in [-0.3, -0.25) is 4.90 Å². The monoisotopic (exact) mass is 225 g/mol. The summed E-state index contributed by atoms with van der Waals surface area (Å²) in [5.74, 6) is 0. The summed E-state index contributed by atoms with van der Waals surface area (Å²) < 4.78 is 0. The van der Waals surface area contributed by atoms with E-state index in [0.717, 1.165) is 36.6 Å². The summed E-state index contributed by atoms with van der Waals surface area (Å²) in [6.45, 7) is 4.39.